The van der Waals surface area contributed by atoms with Gasteiger partial charge in [0, 0.05) is 6.42 Å². The number of esters is 1. The van der Waals surface area contributed by atoms with Gasteiger partial charge in [-0.25, -0.2) is 0 Å². The van der Waals surface area contributed by atoms with Crippen molar-refractivity contribution in [1.29, 1.82) is 0 Å². The number of ether oxygens (including phenoxy) is 3. The molecule has 0 aromatic heterocycles. The van der Waals surface area contributed by atoms with Crippen LogP contribution in [-0.2, 0) is 23.8 Å². The lowest BCUT2D eigenvalue weighted by molar-refractivity contribution is -0.305. The lowest BCUT2D eigenvalue weighted by atomic mass is 9.99. The number of aliphatic hydroxyl groups is 5. The zero-order chi connectivity index (χ0) is 54.0. The Hall–Kier alpha value is -3.68. The van der Waals surface area contributed by atoms with E-state index in [9.17, 15) is 35.1 Å². The Morgan fingerprint density at radius 3 is 1.42 bits per heavy atom. The van der Waals surface area contributed by atoms with Gasteiger partial charge in [-0.3, -0.25) is 9.59 Å². The maximum Gasteiger partial charge on any atom is 0.306 e. The van der Waals surface area contributed by atoms with Crippen LogP contribution in [0, 0.1) is 0 Å². The highest BCUT2D eigenvalue weighted by Crippen LogP contribution is 2.26. The highest BCUT2D eigenvalue weighted by molar-refractivity contribution is 5.80. The minimum absolute atomic E-state index is 0.0354. The molecule has 0 aromatic rings. The van der Waals surface area contributed by atoms with Crippen molar-refractivity contribution in [1.82, 2.24) is 5.32 Å². The van der Waals surface area contributed by atoms with E-state index in [0.29, 0.717) is 19.3 Å². The molecule has 0 spiro atoms. The molecule has 1 saturated heterocycles. The molecule has 0 radical (unpaired) electrons. The average Bonchev–Trinajstić information content (AvgIpc) is 3.40. The SMILES string of the molecule is CCCCC/C=C\C/C=C\C/C=C\C/C=C\CCCC(=O)OC1C(OCC(NC(=O)C(O)CC/C=C\C/C=C\C/C=C\C/C=C\CCCCC)C(O)/C=C/CCCCCCCCCCCC)OC(CO)C(O)C1O. The summed E-state index contributed by atoms with van der Waals surface area (Å²) in [6.07, 6.45) is 57.1. The smallest absolute Gasteiger partial charge is 0.306 e. The van der Waals surface area contributed by atoms with Crippen LogP contribution in [0.3, 0.4) is 0 Å². The molecule has 11 heteroatoms. The van der Waals surface area contributed by atoms with E-state index in [1.165, 1.54) is 83.5 Å². The monoisotopic (exact) mass is 1040 g/mol. The van der Waals surface area contributed by atoms with Crippen LogP contribution in [0.4, 0.5) is 0 Å². The van der Waals surface area contributed by atoms with Gasteiger partial charge in [-0.05, 0) is 103 Å². The van der Waals surface area contributed by atoms with E-state index in [1.807, 2.05) is 30.4 Å². The second-order valence-corrected chi connectivity index (χ2v) is 19.7. The molecular weight excluding hydrogens is 931 g/mol. The molecule has 1 rings (SSSR count). The van der Waals surface area contributed by atoms with Gasteiger partial charge < -0.3 is 45.1 Å². The average molecular weight is 1040 g/mol. The maximum absolute atomic E-state index is 13.4. The van der Waals surface area contributed by atoms with E-state index in [4.69, 9.17) is 14.2 Å². The molecule has 8 unspecified atom stereocenters. The van der Waals surface area contributed by atoms with Gasteiger partial charge in [0.05, 0.1) is 25.4 Å². The molecule has 0 aliphatic carbocycles. The van der Waals surface area contributed by atoms with Crippen LogP contribution in [0.5, 0.6) is 0 Å². The summed E-state index contributed by atoms with van der Waals surface area (Å²) in [5.41, 5.74) is 0. The van der Waals surface area contributed by atoms with Gasteiger partial charge >= 0.3 is 5.97 Å². The summed E-state index contributed by atoms with van der Waals surface area (Å²) in [5.74, 6) is -1.32. The van der Waals surface area contributed by atoms with Crippen molar-refractivity contribution in [2.24, 2.45) is 0 Å². The third kappa shape index (κ3) is 38.0. The summed E-state index contributed by atoms with van der Waals surface area (Å²) in [5, 5.41) is 56.7. The number of carbonyl (C=O) groups excluding carboxylic acids is 2. The first-order chi connectivity index (χ1) is 36.2. The van der Waals surface area contributed by atoms with Crippen LogP contribution in [0.1, 0.15) is 213 Å². The molecule has 0 saturated carbocycles. The zero-order valence-electron chi connectivity index (χ0n) is 46.4. The molecular formula is C63H105NO10. The summed E-state index contributed by atoms with van der Waals surface area (Å²) in [6, 6.07) is -1.07. The predicted molar refractivity (Wildman–Crippen MR) is 305 cm³/mol. The Bertz CT molecular complexity index is 1610. The van der Waals surface area contributed by atoms with Crippen molar-refractivity contribution >= 4 is 11.9 Å². The summed E-state index contributed by atoms with van der Waals surface area (Å²) < 4.78 is 17.5. The van der Waals surface area contributed by atoms with Crippen LogP contribution in [0.15, 0.2) is 109 Å². The molecule has 8 atom stereocenters. The first-order valence-electron chi connectivity index (χ1n) is 29.2. The number of allylic oxidation sites excluding steroid dienone is 17. The molecule has 11 nitrogen and oxygen atoms in total. The molecule has 0 bridgehead atoms. The molecule has 0 aromatic carbocycles. The summed E-state index contributed by atoms with van der Waals surface area (Å²) in [4.78, 5) is 26.4. The minimum Gasteiger partial charge on any atom is -0.454 e. The van der Waals surface area contributed by atoms with E-state index >= 15 is 0 Å². The van der Waals surface area contributed by atoms with E-state index in [-0.39, 0.29) is 19.4 Å². The third-order valence-electron chi connectivity index (χ3n) is 12.9. The fourth-order valence-electron chi connectivity index (χ4n) is 8.22. The summed E-state index contributed by atoms with van der Waals surface area (Å²) in [6.45, 7) is 5.64. The number of hydrogen-bond donors (Lipinski definition) is 6. The van der Waals surface area contributed by atoms with E-state index < -0.39 is 67.4 Å². The number of hydrogen-bond acceptors (Lipinski definition) is 10. The number of rotatable bonds is 47. The van der Waals surface area contributed by atoms with Crippen LogP contribution in [0.25, 0.3) is 0 Å². The minimum atomic E-state index is -1.65. The van der Waals surface area contributed by atoms with Crippen molar-refractivity contribution in [3.8, 4) is 0 Å². The van der Waals surface area contributed by atoms with Gasteiger partial charge in [-0.1, -0.05) is 214 Å². The number of unbranched alkanes of at least 4 members (excludes halogenated alkanes) is 17. The predicted octanol–water partition coefficient (Wildman–Crippen LogP) is 13.3. The second-order valence-electron chi connectivity index (χ2n) is 19.7. The quantitative estimate of drug-likeness (QED) is 0.0196. The van der Waals surface area contributed by atoms with Gasteiger partial charge in [0.15, 0.2) is 12.4 Å². The van der Waals surface area contributed by atoms with Crippen molar-refractivity contribution < 1.29 is 49.3 Å². The highest BCUT2D eigenvalue weighted by Gasteiger charge is 2.47. The number of carbonyl (C=O) groups is 2. The van der Waals surface area contributed by atoms with Crippen LogP contribution in [-0.4, -0.2) is 99.6 Å². The van der Waals surface area contributed by atoms with Crippen LogP contribution >= 0.6 is 0 Å². The van der Waals surface area contributed by atoms with Crippen molar-refractivity contribution in [3.63, 3.8) is 0 Å². The molecule has 6 N–H and O–H groups in total. The summed E-state index contributed by atoms with van der Waals surface area (Å²) >= 11 is 0. The number of aliphatic hydroxyl groups excluding tert-OH is 5. The Balaban J connectivity index is 2.81. The third-order valence-corrected chi connectivity index (χ3v) is 12.9. The molecule has 1 amide bonds. The van der Waals surface area contributed by atoms with E-state index in [0.717, 1.165) is 77.0 Å². The van der Waals surface area contributed by atoms with Crippen molar-refractivity contribution in [3.05, 3.63) is 109 Å². The largest absolute Gasteiger partial charge is 0.454 e. The fraction of sp³-hybridized carbons (Fsp3) is 0.683. The molecule has 422 valence electrons. The number of amides is 1. The molecule has 1 fully saturated rings. The van der Waals surface area contributed by atoms with Gasteiger partial charge in [-0.15, -0.1) is 0 Å². The Morgan fingerprint density at radius 1 is 0.527 bits per heavy atom. The van der Waals surface area contributed by atoms with Crippen molar-refractivity contribution in [2.75, 3.05) is 13.2 Å². The first-order valence-corrected chi connectivity index (χ1v) is 29.2. The normalized spacial score (nSPS) is 20.1. The topological polar surface area (TPSA) is 175 Å². The molecule has 1 heterocycles. The summed E-state index contributed by atoms with van der Waals surface area (Å²) in [7, 11) is 0. The zero-order valence-corrected chi connectivity index (χ0v) is 46.4. The molecule has 1 aliphatic rings. The maximum atomic E-state index is 13.4. The lowest BCUT2D eigenvalue weighted by Gasteiger charge is -2.41. The number of nitrogens with one attached hydrogen (secondary N) is 1. The van der Waals surface area contributed by atoms with Gasteiger partial charge in [0.1, 0.15) is 24.4 Å². The van der Waals surface area contributed by atoms with Gasteiger partial charge in [0.25, 0.3) is 0 Å². The van der Waals surface area contributed by atoms with Gasteiger partial charge in [-0.2, -0.15) is 0 Å². The Labute approximate surface area is 449 Å². The van der Waals surface area contributed by atoms with E-state index in [1.54, 1.807) is 6.08 Å². The molecule has 74 heavy (non-hydrogen) atoms. The van der Waals surface area contributed by atoms with Crippen molar-refractivity contribution in [2.45, 2.75) is 262 Å². The Morgan fingerprint density at radius 2 is 0.932 bits per heavy atom. The Kier molecular flexibility index (Phi) is 46.3. The highest BCUT2D eigenvalue weighted by atomic mass is 16.7. The van der Waals surface area contributed by atoms with Crippen LogP contribution < -0.4 is 5.32 Å². The fourth-order valence-corrected chi connectivity index (χ4v) is 8.22. The lowest BCUT2D eigenvalue weighted by Crippen LogP contribution is -2.61. The van der Waals surface area contributed by atoms with E-state index in [2.05, 4.69) is 99.0 Å². The first kappa shape index (κ1) is 68.3. The standard InChI is InChI=1S/C63H105NO10/c1-4-7-10-13-16-19-22-25-27-29-31-33-36-39-42-45-48-51-58(68)74-61-60(70)59(69)57(52-65)73-63(61)72-53-54(55(66)49-46-43-40-37-34-24-21-18-15-12-9-6-3)64-62(71)56(67)50-47-44-41-38-35-32-30-28-26-23-20-17-14-11-8-5-2/h16-17,19-20,25-28,31-33,35,39,41-42,44,46,49,54-57,59-61,63,65-67,69-70H,4-15,18,21-24,29-30,34,36-38,40,43,45,47-48,50-53H2,1-3H3,(H,64,71)/b19-16-,20-17-,27-25-,28-26-,33-31-,35-32-,42-39-,44-41-,49-46+. The molecule has 1 aliphatic heterocycles. The van der Waals surface area contributed by atoms with Gasteiger partial charge in [0.2, 0.25) is 5.91 Å². The second kappa shape index (κ2) is 50.2. The van der Waals surface area contributed by atoms with Crippen LogP contribution in [0.2, 0.25) is 0 Å².